The Balaban J connectivity index is 1.76. The predicted molar refractivity (Wildman–Crippen MR) is 83.2 cm³/mol. The van der Waals surface area contributed by atoms with Crippen LogP contribution >= 0.6 is 0 Å². The largest absolute Gasteiger partial charge is 0.399 e. The van der Waals surface area contributed by atoms with Gasteiger partial charge in [-0.15, -0.1) is 0 Å². The van der Waals surface area contributed by atoms with E-state index in [1.165, 1.54) is 0 Å². The number of aromatic nitrogens is 1. The number of methoxy groups -OCH3 is 1. The van der Waals surface area contributed by atoms with Crippen molar-refractivity contribution < 1.29 is 9.53 Å². The molecular formula is C16H21N3O2. The fourth-order valence-electron chi connectivity index (χ4n) is 3.04. The van der Waals surface area contributed by atoms with Gasteiger partial charge in [0.15, 0.2) is 0 Å². The van der Waals surface area contributed by atoms with Gasteiger partial charge in [0, 0.05) is 35.2 Å². The number of benzene rings is 1. The number of fused-ring (bicyclic) bond motifs is 1. The van der Waals surface area contributed by atoms with Crippen molar-refractivity contribution in [3.05, 3.63) is 30.0 Å². The Labute approximate surface area is 123 Å². The fraction of sp³-hybridized carbons (Fsp3) is 0.438. The first-order valence-electron chi connectivity index (χ1n) is 7.13. The lowest BCUT2D eigenvalue weighted by molar-refractivity contribution is -0.0942. The maximum absolute atomic E-state index is 12.4. The van der Waals surface area contributed by atoms with E-state index in [0.29, 0.717) is 11.4 Å². The highest BCUT2D eigenvalue weighted by molar-refractivity contribution is 5.98. The first-order chi connectivity index (χ1) is 9.91. The molecule has 1 heterocycles. The molecule has 4 N–H and O–H groups in total. The third-order valence-electron chi connectivity index (χ3n) is 4.66. The summed E-state index contributed by atoms with van der Waals surface area (Å²) >= 11 is 0. The Morgan fingerprint density at radius 3 is 2.86 bits per heavy atom. The van der Waals surface area contributed by atoms with Crippen LogP contribution in [0.1, 0.15) is 30.8 Å². The van der Waals surface area contributed by atoms with Crippen LogP contribution in [0.25, 0.3) is 10.9 Å². The second-order valence-electron chi connectivity index (χ2n) is 6.34. The van der Waals surface area contributed by atoms with Crippen LogP contribution in [0.4, 0.5) is 5.69 Å². The third-order valence-corrected chi connectivity index (χ3v) is 4.66. The van der Waals surface area contributed by atoms with E-state index in [2.05, 4.69) is 24.1 Å². The molecule has 0 bridgehead atoms. The molecule has 1 aliphatic carbocycles. The van der Waals surface area contributed by atoms with Gasteiger partial charge in [0.1, 0.15) is 5.69 Å². The van der Waals surface area contributed by atoms with Gasteiger partial charge >= 0.3 is 0 Å². The van der Waals surface area contributed by atoms with Crippen molar-refractivity contribution >= 4 is 22.5 Å². The van der Waals surface area contributed by atoms with Crippen molar-refractivity contribution in [2.24, 2.45) is 5.41 Å². The standard InChI is InChI=1S/C16H21N3O2/c1-16(2)13(8-14(16)21-3)19-15(20)12-7-9-6-10(17)4-5-11(9)18-12/h4-7,13-14,18H,8,17H2,1-3H3,(H,19,20). The van der Waals surface area contributed by atoms with Crippen LogP contribution in [0.15, 0.2) is 24.3 Å². The highest BCUT2D eigenvalue weighted by Gasteiger charge is 2.49. The number of carbonyl (C=O) groups is 1. The first-order valence-corrected chi connectivity index (χ1v) is 7.13. The van der Waals surface area contributed by atoms with E-state index in [0.717, 1.165) is 17.3 Å². The fourth-order valence-corrected chi connectivity index (χ4v) is 3.04. The highest BCUT2D eigenvalue weighted by Crippen LogP contribution is 2.42. The van der Waals surface area contributed by atoms with E-state index >= 15 is 0 Å². The van der Waals surface area contributed by atoms with Crippen LogP contribution in [-0.4, -0.2) is 30.1 Å². The number of ether oxygens (including phenoxy) is 1. The van der Waals surface area contributed by atoms with Crippen LogP contribution in [-0.2, 0) is 4.74 Å². The minimum Gasteiger partial charge on any atom is -0.399 e. The summed E-state index contributed by atoms with van der Waals surface area (Å²) in [5, 5.41) is 4.03. The van der Waals surface area contributed by atoms with Crippen molar-refractivity contribution in [3.63, 3.8) is 0 Å². The van der Waals surface area contributed by atoms with Crippen molar-refractivity contribution in [2.75, 3.05) is 12.8 Å². The molecule has 1 aliphatic rings. The average Bonchev–Trinajstić information content (AvgIpc) is 2.85. The number of carbonyl (C=O) groups excluding carboxylic acids is 1. The minimum absolute atomic E-state index is 0.0408. The summed E-state index contributed by atoms with van der Waals surface area (Å²) in [5.74, 6) is -0.0857. The Morgan fingerprint density at radius 2 is 2.19 bits per heavy atom. The van der Waals surface area contributed by atoms with Gasteiger partial charge in [-0.1, -0.05) is 13.8 Å². The maximum atomic E-state index is 12.4. The Morgan fingerprint density at radius 1 is 1.43 bits per heavy atom. The van der Waals surface area contributed by atoms with Gasteiger partial charge in [0.2, 0.25) is 0 Å². The number of hydrogen-bond acceptors (Lipinski definition) is 3. The SMILES string of the molecule is COC1CC(NC(=O)c2cc3cc(N)ccc3[nH]2)C1(C)C. The molecule has 0 spiro atoms. The molecule has 0 saturated heterocycles. The zero-order valence-electron chi connectivity index (χ0n) is 12.6. The number of hydrogen-bond donors (Lipinski definition) is 3. The minimum atomic E-state index is -0.0857. The number of anilines is 1. The summed E-state index contributed by atoms with van der Waals surface area (Å²) in [7, 11) is 1.71. The summed E-state index contributed by atoms with van der Waals surface area (Å²) in [6.45, 7) is 4.23. The summed E-state index contributed by atoms with van der Waals surface area (Å²) in [6.07, 6.45) is 1.05. The zero-order chi connectivity index (χ0) is 15.2. The van der Waals surface area contributed by atoms with Crippen LogP contribution in [0.2, 0.25) is 0 Å². The number of rotatable bonds is 3. The van der Waals surface area contributed by atoms with Crippen molar-refractivity contribution in [1.82, 2.24) is 10.3 Å². The van der Waals surface area contributed by atoms with Crippen LogP contribution in [0.5, 0.6) is 0 Å². The highest BCUT2D eigenvalue weighted by atomic mass is 16.5. The van der Waals surface area contributed by atoms with Crippen LogP contribution in [0.3, 0.4) is 0 Å². The molecule has 5 nitrogen and oxygen atoms in total. The molecule has 1 amide bonds. The lowest BCUT2D eigenvalue weighted by Gasteiger charge is -2.51. The van der Waals surface area contributed by atoms with Gasteiger partial charge in [-0.3, -0.25) is 4.79 Å². The van der Waals surface area contributed by atoms with Crippen molar-refractivity contribution in [3.8, 4) is 0 Å². The lowest BCUT2D eigenvalue weighted by atomic mass is 9.64. The second kappa shape index (κ2) is 4.77. The van der Waals surface area contributed by atoms with E-state index in [1.807, 2.05) is 24.3 Å². The summed E-state index contributed by atoms with van der Waals surface area (Å²) < 4.78 is 5.41. The predicted octanol–water partition coefficient (Wildman–Crippen LogP) is 2.29. The Hall–Kier alpha value is -2.01. The summed E-state index contributed by atoms with van der Waals surface area (Å²) in [6, 6.07) is 7.53. The van der Waals surface area contributed by atoms with Gasteiger partial charge in [0.25, 0.3) is 5.91 Å². The lowest BCUT2D eigenvalue weighted by Crippen LogP contribution is -2.61. The number of aromatic amines is 1. The topological polar surface area (TPSA) is 80.1 Å². The molecule has 112 valence electrons. The van der Waals surface area contributed by atoms with E-state index in [4.69, 9.17) is 10.5 Å². The van der Waals surface area contributed by atoms with Crippen LogP contribution in [0, 0.1) is 5.41 Å². The molecule has 2 atom stereocenters. The quantitative estimate of drug-likeness (QED) is 0.758. The molecule has 21 heavy (non-hydrogen) atoms. The molecule has 2 unspecified atom stereocenters. The molecule has 3 rings (SSSR count). The Kier molecular flexibility index (Phi) is 3.17. The maximum Gasteiger partial charge on any atom is 0.267 e. The molecule has 1 aromatic heterocycles. The monoisotopic (exact) mass is 287 g/mol. The normalized spacial score (nSPS) is 23.8. The summed E-state index contributed by atoms with van der Waals surface area (Å²) in [4.78, 5) is 15.5. The first kappa shape index (κ1) is 13.9. The molecule has 1 saturated carbocycles. The second-order valence-corrected chi connectivity index (χ2v) is 6.34. The smallest absolute Gasteiger partial charge is 0.267 e. The van der Waals surface area contributed by atoms with E-state index in [-0.39, 0.29) is 23.5 Å². The number of nitrogens with two attached hydrogens (primary N) is 1. The summed E-state index contributed by atoms with van der Waals surface area (Å²) in [5.41, 5.74) is 7.88. The number of H-pyrrole nitrogens is 1. The van der Waals surface area contributed by atoms with Gasteiger partial charge in [-0.25, -0.2) is 0 Å². The van der Waals surface area contributed by atoms with Crippen molar-refractivity contribution in [2.45, 2.75) is 32.4 Å². The van der Waals surface area contributed by atoms with Gasteiger partial charge < -0.3 is 20.8 Å². The molecule has 1 aromatic carbocycles. The van der Waals surface area contributed by atoms with Gasteiger partial charge in [-0.05, 0) is 30.7 Å². The van der Waals surface area contributed by atoms with E-state index < -0.39 is 0 Å². The number of amides is 1. The molecule has 5 heteroatoms. The van der Waals surface area contributed by atoms with Crippen LogP contribution < -0.4 is 11.1 Å². The van der Waals surface area contributed by atoms with Crippen molar-refractivity contribution in [1.29, 1.82) is 0 Å². The molecule has 0 radical (unpaired) electrons. The molecule has 0 aliphatic heterocycles. The third kappa shape index (κ3) is 2.27. The molecule has 2 aromatic rings. The molecular weight excluding hydrogens is 266 g/mol. The van der Waals surface area contributed by atoms with Gasteiger partial charge in [-0.2, -0.15) is 0 Å². The zero-order valence-corrected chi connectivity index (χ0v) is 12.6. The number of nitrogens with one attached hydrogen (secondary N) is 2. The van der Waals surface area contributed by atoms with E-state index in [1.54, 1.807) is 7.11 Å². The van der Waals surface area contributed by atoms with E-state index in [9.17, 15) is 4.79 Å². The Bertz CT molecular complexity index is 690. The molecule has 1 fully saturated rings. The average molecular weight is 287 g/mol. The number of nitrogen functional groups attached to an aromatic ring is 1. The van der Waals surface area contributed by atoms with Gasteiger partial charge in [0.05, 0.1) is 6.10 Å².